The lowest BCUT2D eigenvalue weighted by Crippen LogP contribution is -2.33. The van der Waals surface area contributed by atoms with E-state index < -0.39 is 0 Å². The van der Waals surface area contributed by atoms with Crippen LogP contribution in [0.2, 0.25) is 5.02 Å². The van der Waals surface area contributed by atoms with Crippen molar-refractivity contribution in [2.75, 3.05) is 0 Å². The zero-order valence-electron chi connectivity index (χ0n) is 12.7. The summed E-state index contributed by atoms with van der Waals surface area (Å²) in [5, 5.41) is 5.95. The highest BCUT2D eigenvalue weighted by Crippen LogP contribution is 2.12. The fourth-order valence-electron chi connectivity index (χ4n) is 1.95. The van der Waals surface area contributed by atoms with Crippen molar-refractivity contribution in [1.29, 1.82) is 0 Å². The van der Waals surface area contributed by atoms with E-state index in [9.17, 15) is 9.59 Å². The van der Waals surface area contributed by atoms with Crippen LogP contribution in [-0.2, 0) is 16.1 Å². The van der Waals surface area contributed by atoms with Gasteiger partial charge in [0.15, 0.2) is 0 Å². The van der Waals surface area contributed by atoms with Gasteiger partial charge in [0, 0.05) is 18.5 Å². The summed E-state index contributed by atoms with van der Waals surface area (Å²) >= 11 is 5.84. The summed E-state index contributed by atoms with van der Waals surface area (Å²) in [6.45, 7) is 1.75. The number of amides is 2. The Bertz CT molecular complexity index is 710. The molecule has 0 aliphatic carbocycles. The van der Waals surface area contributed by atoms with Crippen LogP contribution in [0.25, 0.3) is 6.08 Å². The molecule has 2 aromatic carbocycles. The van der Waals surface area contributed by atoms with Gasteiger partial charge in [-0.1, -0.05) is 54.1 Å². The number of rotatable bonds is 5. The Morgan fingerprint density at radius 2 is 1.70 bits per heavy atom. The standard InChI is InChI=1S/C18H17ClN2O2/c1-13(22)21-17(11-14-7-9-16(19)10-8-14)18(23)20-12-15-5-3-2-4-6-15/h2-11H,12H2,1H3,(H,20,23)(H,21,22)/b17-11-. The summed E-state index contributed by atoms with van der Waals surface area (Å²) in [6.07, 6.45) is 1.61. The van der Waals surface area contributed by atoms with E-state index in [4.69, 9.17) is 11.6 Å². The van der Waals surface area contributed by atoms with Gasteiger partial charge in [0.05, 0.1) is 0 Å². The summed E-state index contributed by atoms with van der Waals surface area (Å²) in [6, 6.07) is 16.5. The molecule has 0 bridgehead atoms. The van der Waals surface area contributed by atoms with Gasteiger partial charge >= 0.3 is 0 Å². The van der Waals surface area contributed by atoms with E-state index in [1.807, 2.05) is 30.3 Å². The highest BCUT2D eigenvalue weighted by Gasteiger charge is 2.11. The maximum atomic E-state index is 12.3. The third kappa shape index (κ3) is 5.60. The molecule has 0 radical (unpaired) electrons. The van der Waals surface area contributed by atoms with Gasteiger partial charge in [0.2, 0.25) is 5.91 Å². The minimum Gasteiger partial charge on any atom is -0.347 e. The molecule has 23 heavy (non-hydrogen) atoms. The Kier molecular flexibility index (Phi) is 5.94. The average molecular weight is 329 g/mol. The third-order valence-corrected chi connectivity index (χ3v) is 3.28. The van der Waals surface area contributed by atoms with Gasteiger partial charge in [-0.15, -0.1) is 0 Å². The number of carbonyl (C=O) groups is 2. The molecule has 118 valence electrons. The molecule has 2 rings (SSSR count). The SMILES string of the molecule is CC(=O)N/C(=C\c1ccc(Cl)cc1)C(=O)NCc1ccccc1. The summed E-state index contributed by atoms with van der Waals surface area (Å²) in [4.78, 5) is 23.6. The molecule has 0 unspecified atom stereocenters. The molecular formula is C18H17ClN2O2. The molecule has 0 aromatic heterocycles. The molecule has 0 saturated heterocycles. The first kappa shape index (κ1) is 16.8. The molecule has 2 amide bonds. The van der Waals surface area contributed by atoms with Crippen molar-refractivity contribution >= 4 is 29.5 Å². The van der Waals surface area contributed by atoms with Crippen molar-refractivity contribution in [3.8, 4) is 0 Å². The number of benzene rings is 2. The van der Waals surface area contributed by atoms with E-state index in [0.29, 0.717) is 11.6 Å². The van der Waals surface area contributed by atoms with Crippen LogP contribution in [0, 0.1) is 0 Å². The van der Waals surface area contributed by atoms with Crippen LogP contribution < -0.4 is 10.6 Å². The number of nitrogens with one attached hydrogen (secondary N) is 2. The Hall–Kier alpha value is -2.59. The summed E-state index contributed by atoms with van der Waals surface area (Å²) in [7, 11) is 0. The van der Waals surface area contributed by atoms with E-state index in [1.165, 1.54) is 6.92 Å². The molecule has 5 heteroatoms. The smallest absolute Gasteiger partial charge is 0.268 e. The second-order valence-corrected chi connectivity index (χ2v) is 5.40. The fraction of sp³-hybridized carbons (Fsp3) is 0.111. The van der Waals surface area contributed by atoms with E-state index in [0.717, 1.165) is 11.1 Å². The first-order valence-corrected chi connectivity index (χ1v) is 7.49. The van der Waals surface area contributed by atoms with Crippen LogP contribution in [-0.4, -0.2) is 11.8 Å². The predicted octanol–water partition coefficient (Wildman–Crippen LogP) is 3.13. The van der Waals surface area contributed by atoms with E-state index in [2.05, 4.69) is 10.6 Å². The van der Waals surface area contributed by atoms with Crippen LogP contribution in [0.1, 0.15) is 18.1 Å². The van der Waals surface area contributed by atoms with Gasteiger partial charge in [-0.2, -0.15) is 0 Å². The number of hydrogen-bond donors (Lipinski definition) is 2. The maximum absolute atomic E-state index is 12.3. The van der Waals surface area contributed by atoms with Crippen LogP contribution in [0.5, 0.6) is 0 Å². The molecular weight excluding hydrogens is 312 g/mol. The van der Waals surface area contributed by atoms with Gasteiger partial charge in [-0.05, 0) is 29.3 Å². The second kappa shape index (κ2) is 8.15. The van der Waals surface area contributed by atoms with Gasteiger partial charge in [-0.3, -0.25) is 9.59 Å². The van der Waals surface area contributed by atoms with Crippen LogP contribution in [0.4, 0.5) is 0 Å². The highest BCUT2D eigenvalue weighted by molar-refractivity contribution is 6.30. The van der Waals surface area contributed by atoms with Gasteiger partial charge in [0.25, 0.3) is 5.91 Å². The van der Waals surface area contributed by atoms with Crippen molar-refractivity contribution in [3.05, 3.63) is 76.4 Å². The van der Waals surface area contributed by atoms with Gasteiger partial charge < -0.3 is 10.6 Å². The summed E-state index contributed by atoms with van der Waals surface area (Å²) in [5.41, 5.74) is 1.94. The minimum absolute atomic E-state index is 0.191. The monoisotopic (exact) mass is 328 g/mol. The molecule has 0 fully saturated rings. The lowest BCUT2D eigenvalue weighted by molar-refractivity contribution is -0.122. The quantitative estimate of drug-likeness (QED) is 0.828. The Morgan fingerprint density at radius 3 is 2.30 bits per heavy atom. The van der Waals surface area contributed by atoms with Crippen LogP contribution in [0.15, 0.2) is 60.3 Å². The van der Waals surface area contributed by atoms with Gasteiger partial charge in [-0.25, -0.2) is 0 Å². The largest absolute Gasteiger partial charge is 0.347 e. The zero-order chi connectivity index (χ0) is 16.7. The number of hydrogen-bond acceptors (Lipinski definition) is 2. The Balaban J connectivity index is 2.12. The van der Waals surface area contributed by atoms with E-state index >= 15 is 0 Å². The first-order valence-electron chi connectivity index (χ1n) is 7.11. The first-order chi connectivity index (χ1) is 11.0. The molecule has 0 aliphatic rings. The molecule has 0 spiro atoms. The highest BCUT2D eigenvalue weighted by atomic mass is 35.5. The predicted molar refractivity (Wildman–Crippen MR) is 91.5 cm³/mol. The van der Waals surface area contributed by atoms with Crippen LogP contribution in [0.3, 0.4) is 0 Å². The Morgan fingerprint density at radius 1 is 1.04 bits per heavy atom. The molecule has 0 heterocycles. The van der Waals surface area contributed by atoms with Gasteiger partial charge in [0.1, 0.15) is 5.70 Å². The molecule has 2 aromatic rings. The molecule has 0 saturated carbocycles. The average Bonchev–Trinajstić information content (AvgIpc) is 2.54. The van der Waals surface area contributed by atoms with Crippen molar-refractivity contribution in [3.63, 3.8) is 0 Å². The van der Waals surface area contributed by atoms with Crippen molar-refractivity contribution in [2.45, 2.75) is 13.5 Å². The summed E-state index contributed by atoms with van der Waals surface area (Å²) < 4.78 is 0. The lowest BCUT2D eigenvalue weighted by Gasteiger charge is -2.10. The lowest BCUT2D eigenvalue weighted by atomic mass is 10.2. The molecule has 0 aliphatic heterocycles. The van der Waals surface area contributed by atoms with Crippen molar-refractivity contribution in [1.82, 2.24) is 10.6 Å². The van der Waals surface area contributed by atoms with Crippen LogP contribution >= 0.6 is 11.6 Å². The molecule has 2 N–H and O–H groups in total. The number of halogens is 1. The molecule has 4 nitrogen and oxygen atoms in total. The van der Waals surface area contributed by atoms with Crippen molar-refractivity contribution in [2.24, 2.45) is 0 Å². The third-order valence-electron chi connectivity index (χ3n) is 3.03. The number of carbonyl (C=O) groups excluding carboxylic acids is 2. The van der Waals surface area contributed by atoms with E-state index in [-0.39, 0.29) is 17.5 Å². The second-order valence-electron chi connectivity index (χ2n) is 4.96. The molecule has 0 atom stereocenters. The Labute approximate surface area is 140 Å². The van der Waals surface area contributed by atoms with Crippen molar-refractivity contribution < 1.29 is 9.59 Å². The zero-order valence-corrected chi connectivity index (χ0v) is 13.4. The topological polar surface area (TPSA) is 58.2 Å². The normalized spacial score (nSPS) is 11.0. The minimum atomic E-state index is -0.348. The summed E-state index contributed by atoms with van der Waals surface area (Å²) in [5.74, 6) is -0.654. The van der Waals surface area contributed by atoms with E-state index in [1.54, 1.807) is 30.3 Å². The fourth-order valence-corrected chi connectivity index (χ4v) is 2.07. The maximum Gasteiger partial charge on any atom is 0.268 e.